The predicted octanol–water partition coefficient (Wildman–Crippen LogP) is 5.50. The van der Waals surface area contributed by atoms with Crippen molar-refractivity contribution in [1.29, 1.82) is 0 Å². The van der Waals surface area contributed by atoms with Crippen LogP contribution in [0.3, 0.4) is 0 Å². The van der Waals surface area contributed by atoms with Crippen molar-refractivity contribution in [2.45, 2.75) is 39.2 Å². The first-order valence-electron chi connectivity index (χ1n) is 6.37. The summed E-state index contributed by atoms with van der Waals surface area (Å²) >= 11 is 9.81. The highest BCUT2D eigenvalue weighted by molar-refractivity contribution is 9.10. The first kappa shape index (κ1) is 15.7. The number of rotatable bonds is 7. The average Bonchev–Trinajstić information content (AvgIpc) is 2.32. The topological polar surface area (TPSA) is 12.0 Å². The van der Waals surface area contributed by atoms with Crippen molar-refractivity contribution in [2.24, 2.45) is 0 Å². The van der Waals surface area contributed by atoms with Crippen molar-refractivity contribution < 1.29 is 0 Å². The summed E-state index contributed by atoms with van der Waals surface area (Å²) in [6.07, 6.45) is 3.17. The molecular formula is C15H21BrClN. The Kier molecular flexibility index (Phi) is 6.98. The van der Waals surface area contributed by atoms with Gasteiger partial charge in [-0.1, -0.05) is 40.0 Å². The van der Waals surface area contributed by atoms with Crippen molar-refractivity contribution in [3.8, 4) is 0 Å². The maximum atomic E-state index is 6.30. The summed E-state index contributed by atoms with van der Waals surface area (Å²) in [6, 6.07) is 6.32. The van der Waals surface area contributed by atoms with E-state index in [2.05, 4.69) is 47.7 Å². The van der Waals surface area contributed by atoms with Crippen LogP contribution in [-0.2, 0) is 0 Å². The number of allylic oxidation sites excluding steroid dienone is 1. The fourth-order valence-corrected chi connectivity index (χ4v) is 2.49. The molecule has 0 aromatic heterocycles. The normalized spacial score (nSPS) is 12.4. The molecule has 1 nitrogen and oxygen atoms in total. The Morgan fingerprint density at radius 2 is 2.22 bits per heavy atom. The maximum Gasteiger partial charge on any atom is 0.0454 e. The molecular weight excluding hydrogens is 310 g/mol. The van der Waals surface area contributed by atoms with Crippen LogP contribution in [0.1, 0.15) is 44.7 Å². The average molecular weight is 331 g/mol. The summed E-state index contributed by atoms with van der Waals surface area (Å²) in [5.74, 6) is 0. The molecule has 0 radical (unpaired) electrons. The Morgan fingerprint density at radius 1 is 1.50 bits per heavy atom. The van der Waals surface area contributed by atoms with E-state index in [9.17, 15) is 0 Å². The molecule has 0 heterocycles. The minimum Gasteiger partial charge on any atom is -0.310 e. The summed E-state index contributed by atoms with van der Waals surface area (Å²) in [5, 5.41) is 4.39. The van der Waals surface area contributed by atoms with Gasteiger partial charge in [0.1, 0.15) is 0 Å². The number of nitrogens with one attached hydrogen (secondary N) is 1. The van der Waals surface area contributed by atoms with Gasteiger partial charge < -0.3 is 5.32 Å². The van der Waals surface area contributed by atoms with Crippen LogP contribution in [0.2, 0.25) is 5.02 Å². The third-order valence-electron chi connectivity index (χ3n) is 2.83. The minimum absolute atomic E-state index is 0.298. The minimum atomic E-state index is 0.298. The monoisotopic (exact) mass is 329 g/mol. The second kappa shape index (κ2) is 7.98. The Balaban J connectivity index is 2.85. The number of hydrogen-bond acceptors (Lipinski definition) is 1. The fraction of sp³-hybridized carbons (Fsp3) is 0.467. The van der Waals surface area contributed by atoms with Gasteiger partial charge in [-0.2, -0.15) is 0 Å². The Morgan fingerprint density at radius 3 is 2.83 bits per heavy atom. The van der Waals surface area contributed by atoms with Crippen LogP contribution in [0, 0.1) is 0 Å². The van der Waals surface area contributed by atoms with Crippen LogP contribution in [-0.4, -0.2) is 6.54 Å². The van der Waals surface area contributed by atoms with E-state index >= 15 is 0 Å². The van der Waals surface area contributed by atoms with Crippen molar-refractivity contribution in [1.82, 2.24) is 5.32 Å². The zero-order chi connectivity index (χ0) is 13.5. The molecule has 0 saturated heterocycles. The number of halogens is 2. The van der Waals surface area contributed by atoms with Gasteiger partial charge in [0.05, 0.1) is 0 Å². The molecule has 1 N–H and O–H groups in total. The molecule has 3 heteroatoms. The van der Waals surface area contributed by atoms with Gasteiger partial charge in [0.2, 0.25) is 0 Å². The lowest BCUT2D eigenvalue weighted by Crippen LogP contribution is -2.22. The summed E-state index contributed by atoms with van der Waals surface area (Å²) in [6.45, 7) is 9.22. The van der Waals surface area contributed by atoms with Crippen molar-refractivity contribution in [3.05, 3.63) is 45.4 Å². The van der Waals surface area contributed by atoms with Gasteiger partial charge in [-0.3, -0.25) is 0 Å². The molecule has 0 fully saturated rings. The molecule has 1 atom stereocenters. The smallest absolute Gasteiger partial charge is 0.0454 e. The summed E-state index contributed by atoms with van der Waals surface area (Å²) < 4.78 is 1.07. The van der Waals surface area contributed by atoms with Gasteiger partial charge in [0.25, 0.3) is 0 Å². The lowest BCUT2D eigenvalue weighted by Gasteiger charge is -2.20. The van der Waals surface area contributed by atoms with E-state index in [4.69, 9.17) is 11.6 Å². The van der Waals surface area contributed by atoms with Crippen LogP contribution < -0.4 is 5.32 Å². The van der Waals surface area contributed by atoms with Crippen LogP contribution in [0.4, 0.5) is 0 Å². The van der Waals surface area contributed by atoms with E-state index < -0.39 is 0 Å². The first-order valence-corrected chi connectivity index (χ1v) is 7.54. The van der Waals surface area contributed by atoms with Crippen LogP contribution >= 0.6 is 27.5 Å². The predicted molar refractivity (Wildman–Crippen MR) is 84.2 cm³/mol. The van der Waals surface area contributed by atoms with Gasteiger partial charge in [0.15, 0.2) is 0 Å². The van der Waals surface area contributed by atoms with Gasteiger partial charge in [-0.25, -0.2) is 0 Å². The van der Waals surface area contributed by atoms with Gasteiger partial charge in [0, 0.05) is 15.5 Å². The van der Waals surface area contributed by atoms with E-state index in [1.165, 1.54) is 11.1 Å². The summed E-state index contributed by atoms with van der Waals surface area (Å²) in [5.41, 5.74) is 2.38. The molecule has 0 saturated carbocycles. The zero-order valence-corrected chi connectivity index (χ0v) is 13.4. The molecule has 0 spiro atoms. The van der Waals surface area contributed by atoms with E-state index in [0.717, 1.165) is 35.3 Å². The van der Waals surface area contributed by atoms with E-state index in [1.807, 2.05) is 12.1 Å². The highest BCUT2D eigenvalue weighted by atomic mass is 79.9. The lowest BCUT2D eigenvalue weighted by atomic mass is 9.99. The van der Waals surface area contributed by atoms with Crippen LogP contribution in [0.15, 0.2) is 34.8 Å². The molecule has 1 unspecified atom stereocenters. The first-order chi connectivity index (χ1) is 8.54. The van der Waals surface area contributed by atoms with Gasteiger partial charge in [-0.05, 0) is 56.5 Å². The highest BCUT2D eigenvalue weighted by Crippen LogP contribution is 2.29. The molecule has 0 aliphatic rings. The lowest BCUT2D eigenvalue weighted by molar-refractivity contribution is 0.499. The third kappa shape index (κ3) is 5.13. The molecule has 0 aliphatic carbocycles. The molecule has 1 rings (SSSR count). The van der Waals surface area contributed by atoms with Crippen molar-refractivity contribution >= 4 is 27.5 Å². The van der Waals surface area contributed by atoms with E-state index in [1.54, 1.807) is 0 Å². The Labute approximate surface area is 124 Å². The molecule has 0 aliphatic heterocycles. The largest absolute Gasteiger partial charge is 0.310 e. The second-order valence-electron chi connectivity index (χ2n) is 4.67. The zero-order valence-electron chi connectivity index (χ0n) is 11.1. The number of benzene rings is 1. The molecule has 1 aromatic carbocycles. The Hall–Kier alpha value is -0.310. The second-order valence-corrected chi connectivity index (χ2v) is 5.99. The van der Waals surface area contributed by atoms with Gasteiger partial charge >= 0.3 is 0 Å². The highest BCUT2D eigenvalue weighted by Gasteiger charge is 2.14. The summed E-state index contributed by atoms with van der Waals surface area (Å²) in [7, 11) is 0. The van der Waals surface area contributed by atoms with Crippen molar-refractivity contribution in [3.63, 3.8) is 0 Å². The SMILES string of the molecule is C=C(C)CCC(NCCC)c1cc(Br)ccc1Cl. The quantitative estimate of drug-likeness (QED) is 0.651. The molecule has 0 amide bonds. The van der Waals surface area contributed by atoms with Gasteiger partial charge in [-0.15, -0.1) is 6.58 Å². The Bertz CT molecular complexity index is 403. The molecule has 18 heavy (non-hydrogen) atoms. The maximum absolute atomic E-state index is 6.30. The van der Waals surface area contributed by atoms with Crippen LogP contribution in [0.5, 0.6) is 0 Å². The molecule has 1 aromatic rings. The van der Waals surface area contributed by atoms with Crippen molar-refractivity contribution in [2.75, 3.05) is 6.54 Å². The molecule has 100 valence electrons. The van der Waals surface area contributed by atoms with Crippen LogP contribution in [0.25, 0.3) is 0 Å². The fourth-order valence-electron chi connectivity index (χ4n) is 1.86. The molecule has 0 bridgehead atoms. The standard InChI is InChI=1S/C15H21BrClN/c1-4-9-18-15(8-5-11(2)3)13-10-12(16)6-7-14(13)17/h6-7,10,15,18H,2,4-5,8-9H2,1,3H3. The third-order valence-corrected chi connectivity index (χ3v) is 3.67. The van der Waals surface area contributed by atoms with E-state index in [-0.39, 0.29) is 0 Å². The summed E-state index contributed by atoms with van der Waals surface area (Å²) in [4.78, 5) is 0. The number of hydrogen-bond donors (Lipinski definition) is 1. The van der Waals surface area contributed by atoms with E-state index in [0.29, 0.717) is 6.04 Å².